The predicted molar refractivity (Wildman–Crippen MR) is 72.4 cm³/mol. The van der Waals surface area contributed by atoms with Crippen molar-refractivity contribution in [1.29, 1.82) is 5.26 Å². The van der Waals surface area contributed by atoms with Crippen molar-refractivity contribution in [3.8, 4) is 6.07 Å². The molecule has 0 spiro atoms. The van der Waals surface area contributed by atoms with E-state index >= 15 is 0 Å². The highest BCUT2D eigenvalue weighted by Crippen LogP contribution is 2.17. The van der Waals surface area contributed by atoms with Crippen LogP contribution in [0.4, 0.5) is 5.69 Å². The fraction of sp³-hybridized carbons (Fsp3) is 0.133. The third-order valence-electron chi connectivity index (χ3n) is 2.67. The van der Waals surface area contributed by atoms with Crippen molar-refractivity contribution in [3.63, 3.8) is 0 Å². The van der Waals surface area contributed by atoms with E-state index in [1.165, 1.54) is 0 Å². The molecule has 2 aromatic rings. The number of aromatic nitrogens is 1. The van der Waals surface area contributed by atoms with Crippen molar-refractivity contribution in [2.75, 3.05) is 5.32 Å². The summed E-state index contributed by atoms with van der Waals surface area (Å²) >= 11 is 0. The van der Waals surface area contributed by atoms with Crippen molar-refractivity contribution in [3.05, 3.63) is 59.9 Å². The number of rotatable bonds is 3. The lowest BCUT2D eigenvalue weighted by Crippen LogP contribution is -2.20. The summed E-state index contributed by atoms with van der Waals surface area (Å²) < 4.78 is 0. The number of nitriles is 1. The van der Waals surface area contributed by atoms with E-state index in [9.17, 15) is 4.79 Å². The first-order valence-electron chi connectivity index (χ1n) is 5.88. The fourth-order valence-electron chi connectivity index (χ4n) is 1.77. The van der Waals surface area contributed by atoms with E-state index in [0.717, 1.165) is 5.56 Å². The minimum atomic E-state index is -0.818. The Hall–Kier alpha value is -2.67. The van der Waals surface area contributed by atoms with Gasteiger partial charge in [-0.15, -0.1) is 0 Å². The number of nitrogens with one attached hydrogen (secondary N) is 1. The molecule has 0 fully saturated rings. The SMILES string of the molecule is Cc1cncc(NC(=O)C(C#N)c2ccccc2)c1. The van der Waals surface area contributed by atoms with Crippen LogP contribution in [0.3, 0.4) is 0 Å². The van der Waals surface area contributed by atoms with E-state index in [4.69, 9.17) is 5.26 Å². The Morgan fingerprint density at radius 3 is 2.68 bits per heavy atom. The molecule has 1 amide bonds. The second kappa shape index (κ2) is 5.78. The highest BCUT2D eigenvalue weighted by Gasteiger charge is 2.19. The van der Waals surface area contributed by atoms with Gasteiger partial charge in [-0.3, -0.25) is 9.78 Å². The van der Waals surface area contributed by atoms with E-state index in [-0.39, 0.29) is 5.91 Å². The molecule has 0 saturated carbocycles. The van der Waals surface area contributed by atoms with Gasteiger partial charge in [-0.25, -0.2) is 0 Å². The zero-order valence-electron chi connectivity index (χ0n) is 10.5. The zero-order valence-corrected chi connectivity index (χ0v) is 10.5. The first-order valence-corrected chi connectivity index (χ1v) is 5.88. The predicted octanol–water partition coefficient (Wildman–Crippen LogP) is 2.64. The van der Waals surface area contributed by atoms with Crippen LogP contribution >= 0.6 is 0 Å². The molecule has 1 heterocycles. The van der Waals surface area contributed by atoms with Gasteiger partial charge in [-0.2, -0.15) is 5.26 Å². The number of carbonyl (C=O) groups is 1. The van der Waals surface area contributed by atoms with Crippen LogP contribution in [0.1, 0.15) is 17.0 Å². The molecule has 1 aromatic carbocycles. The van der Waals surface area contributed by atoms with E-state index in [0.29, 0.717) is 11.3 Å². The van der Waals surface area contributed by atoms with Crippen molar-refractivity contribution in [2.45, 2.75) is 12.8 Å². The molecule has 0 aliphatic heterocycles. The van der Waals surface area contributed by atoms with Gasteiger partial charge in [0.25, 0.3) is 0 Å². The van der Waals surface area contributed by atoms with Crippen LogP contribution < -0.4 is 5.32 Å². The number of hydrogen-bond donors (Lipinski definition) is 1. The summed E-state index contributed by atoms with van der Waals surface area (Å²) in [6.45, 7) is 1.89. The molecule has 0 saturated heterocycles. The van der Waals surface area contributed by atoms with Gasteiger partial charge in [0.05, 0.1) is 18.0 Å². The van der Waals surface area contributed by atoms with E-state index in [1.54, 1.807) is 36.7 Å². The molecule has 0 aliphatic rings. The summed E-state index contributed by atoms with van der Waals surface area (Å²) in [6.07, 6.45) is 3.26. The van der Waals surface area contributed by atoms with Crippen molar-refractivity contribution < 1.29 is 4.79 Å². The average molecular weight is 251 g/mol. The molecule has 0 radical (unpaired) electrons. The maximum Gasteiger partial charge on any atom is 0.246 e. The molecule has 19 heavy (non-hydrogen) atoms. The molecule has 0 bridgehead atoms. The lowest BCUT2D eigenvalue weighted by atomic mass is 10.00. The maximum absolute atomic E-state index is 12.1. The number of anilines is 1. The summed E-state index contributed by atoms with van der Waals surface area (Å²) in [7, 11) is 0. The Bertz CT molecular complexity index is 617. The second-order valence-corrected chi connectivity index (χ2v) is 4.21. The molecule has 4 heteroatoms. The van der Waals surface area contributed by atoms with Crippen LogP contribution in [-0.2, 0) is 4.79 Å². The van der Waals surface area contributed by atoms with Gasteiger partial charge >= 0.3 is 0 Å². The first kappa shape index (κ1) is 12.8. The van der Waals surface area contributed by atoms with Gasteiger partial charge in [-0.05, 0) is 24.1 Å². The number of aryl methyl sites for hydroxylation is 1. The Morgan fingerprint density at radius 1 is 1.32 bits per heavy atom. The largest absolute Gasteiger partial charge is 0.323 e. The topological polar surface area (TPSA) is 65.8 Å². The Kier molecular flexibility index (Phi) is 3.89. The highest BCUT2D eigenvalue weighted by atomic mass is 16.1. The maximum atomic E-state index is 12.1. The Morgan fingerprint density at radius 2 is 2.05 bits per heavy atom. The lowest BCUT2D eigenvalue weighted by molar-refractivity contribution is -0.116. The number of benzene rings is 1. The number of amides is 1. The number of pyridine rings is 1. The molecule has 1 unspecified atom stereocenters. The van der Waals surface area contributed by atoms with Crippen LogP contribution in [0.5, 0.6) is 0 Å². The van der Waals surface area contributed by atoms with Crippen LogP contribution in [0, 0.1) is 18.3 Å². The summed E-state index contributed by atoms with van der Waals surface area (Å²) in [6, 6.07) is 12.8. The quantitative estimate of drug-likeness (QED) is 0.911. The smallest absolute Gasteiger partial charge is 0.246 e. The minimum Gasteiger partial charge on any atom is -0.323 e. The monoisotopic (exact) mass is 251 g/mol. The van der Waals surface area contributed by atoms with Gasteiger partial charge in [0.15, 0.2) is 5.92 Å². The third-order valence-corrected chi connectivity index (χ3v) is 2.67. The van der Waals surface area contributed by atoms with Gasteiger partial charge in [-0.1, -0.05) is 30.3 Å². The van der Waals surface area contributed by atoms with Crippen LogP contribution in [0.2, 0.25) is 0 Å². The minimum absolute atomic E-state index is 0.346. The number of nitrogens with zero attached hydrogens (tertiary/aromatic N) is 2. The molecular formula is C15H13N3O. The summed E-state index contributed by atoms with van der Waals surface area (Å²) in [5.41, 5.74) is 2.23. The van der Waals surface area contributed by atoms with Crippen LogP contribution in [-0.4, -0.2) is 10.9 Å². The average Bonchev–Trinajstić information content (AvgIpc) is 2.41. The highest BCUT2D eigenvalue weighted by molar-refractivity contribution is 5.97. The third kappa shape index (κ3) is 3.17. The second-order valence-electron chi connectivity index (χ2n) is 4.21. The molecule has 1 N–H and O–H groups in total. The van der Waals surface area contributed by atoms with E-state index < -0.39 is 5.92 Å². The first-order chi connectivity index (χ1) is 9.20. The summed E-state index contributed by atoms with van der Waals surface area (Å²) in [5.74, 6) is -1.16. The van der Waals surface area contributed by atoms with Crippen molar-refractivity contribution in [1.82, 2.24) is 4.98 Å². The van der Waals surface area contributed by atoms with Crippen molar-refractivity contribution >= 4 is 11.6 Å². The van der Waals surface area contributed by atoms with E-state index in [1.807, 2.05) is 25.1 Å². The summed E-state index contributed by atoms with van der Waals surface area (Å²) in [4.78, 5) is 16.1. The number of hydrogen-bond acceptors (Lipinski definition) is 3. The normalized spacial score (nSPS) is 11.4. The molecule has 4 nitrogen and oxygen atoms in total. The van der Waals surface area contributed by atoms with Gasteiger partial charge in [0.1, 0.15) is 0 Å². The van der Waals surface area contributed by atoms with Gasteiger partial charge < -0.3 is 5.32 Å². The molecule has 1 atom stereocenters. The molecular weight excluding hydrogens is 238 g/mol. The van der Waals surface area contributed by atoms with Gasteiger partial charge in [0.2, 0.25) is 5.91 Å². The van der Waals surface area contributed by atoms with Crippen molar-refractivity contribution in [2.24, 2.45) is 0 Å². The lowest BCUT2D eigenvalue weighted by Gasteiger charge is -2.10. The van der Waals surface area contributed by atoms with Crippen LogP contribution in [0.25, 0.3) is 0 Å². The molecule has 0 aliphatic carbocycles. The van der Waals surface area contributed by atoms with Crippen LogP contribution in [0.15, 0.2) is 48.8 Å². The Labute approximate surface area is 111 Å². The molecule has 2 rings (SSSR count). The summed E-state index contributed by atoms with van der Waals surface area (Å²) in [5, 5.41) is 11.9. The Balaban J connectivity index is 2.17. The zero-order chi connectivity index (χ0) is 13.7. The van der Waals surface area contributed by atoms with Gasteiger partial charge in [0, 0.05) is 6.20 Å². The van der Waals surface area contributed by atoms with E-state index in [2.05, 4.69) is 10.3 Å². The molecule has 94 valence electrons. The standard InChI is InChI=1S/C15H13N3O/c1-11-7-13(10-17-9-11)18-15(19)14(8-16)12-5-3-2-4-6-12/h2-7,9-10,14H,1H3,(H,18,19). The fourth-order valence-corrected chi connectivity index (χ4v) is 1.77. The number of carbonyl (C=O) groups excluding carboxylic acids is 1. The molecule has 1 aromatic heterocycles.